The molecule has 0 spiro atoms. The van der Waals surface area contributed by atoms with E-state index in [1.807, 2.05) is 0 Å². The van der Waals surface area contributed by atoms with Gasteiger partial charge in [-0.3, -0.25) is 0 Å². The molecule has 1 heterocycles. The molecule has 0 radical (unpaired) electrons. The maximum atomic E-state index is 12.1. The van der Waals surface area contributed by atoms with Crippen LogP contribution in [0.2, 0.25) is 0 Å². The topological polar surface area (TPSA) is 44.7 Å². The van der Waals surface area contributed by atoms with Crippen LogP contribution in [0.3, 0.4) is 0 Å². The first-order chi connectivity index (χ1) is 8.99. The number of aryl methyl sites for hydroxylation is 1. The van der Waals surface area contributed by atoms with Gasteiger partial charge in [0.05, 0.1) is 11.1 Å². The molecule has 0 amide bonds. The monoisotopic (exact) mass is 327 g/mol. The van der Waals surface area contributed by atoms with Crippen molar-refractivity contribution >= 4 is 28.9 Å². The lowest BCUT2D eigenvalue weighted by atomic mass is 10.3. The minimum Gasteiger partial charge on any atom is -0.591 e. The highest BCUT2D eigenvalue weighted by atomic mass is 32.2. The average molecular weight is 327 g/mol. The number of halogens is 3. The molecule has 0 saturated heterocycles. The van der Waals surface area contributed by atoms with E-state index in [-0.39, 0.29) is 5.06 Å². The zero-order valence-electron chi connectivity index (χ0n) is 11.6. The van der Waals surface area contributed by atoms with E-state index in [0.717, 1.165) is 11.3 Å². The van der Waals surface area contributed by atoms with Crippen molar-refractivity contribution in [1.29, 1.82) is 0 Å². The molecule has 1 unspecified atom stereocenters. The summed E-state index contributed by atoms with van der Waals surface area (Å²) < 4.78 is 56.1. The zero-order valence-corrected chi connectivity index (χ0v) is 13.2. The molecule has 0 N–H and O–H groups in total. The van der Waals surface area contributed by atoms with Crippen molar-refractivity contribution in [2.45, 2.75) is 38.6 Å². The van der Waals surface area contributed by atoms with Gasteiger partial charge in [-0.2, -0.15) is 13.2 Å². The van der Waals surface area contributed by atoms with E-state index in [2.05, 4.69) is 4.40 Å². The number of rotatable bonds is 4. The van der Waals surface area contributed by atoms with Gasteiger partial charge < -0.3 is 9.29 Å². The maximum Gasteiger partial charge on any atom is 0.422 e. The molecule has 0 bridgehead atoms. The number of ether oxygens (including phenoxy) is 1. The second-order valence-electron chi connectivity index (χ2n) is 5.12. The molecule has 1 aromatic heterocycles. The fourth-order valence-corrected chi connectivity index (χ4v) is 2.59. The molecule has 0 aromatic carbocycles. The number of hydrogen-bond acceptors (Lipinski definition) is 4. The SMILES string of the molecule is Cc1cc(C=N[S+]([O-])C(C)(C)C)sc1OCC(F)(F)F. The predicted octanol–water partition coefficient (Wildman–Crippen LogP) is 3.88. The fourth-order valence-electron chi connectivity index (χ4n) is 1.10. The van der Waals surface area contributed by atoms with Crippen molar-refractivity contribution in [3.8, 4) is 5.06 Å². The molecule has 0 fully saturated rings. The highest BCUT2D eigenvalue weighted by Gasteiger charge is 2.29. The fraction of sp³-hybridized carbons (Fsp3) is 0.583. The molecule has 1 rings (SSSR count). The van der Waals surface area contributed by atoms with Gasteiger partial charge in [0, 0.05) is 5.56 Å². The Hall–Kier alpha value is -0.730. The largest absolute Gasteiger partial charge is 0.591 e. The third kappa shape index (κ3) is 5.72. The summed E-state index contributed by atoms with van der Waals surface area (Å²) in [4.78, 5) is 0.609. The van der Waals surface area contributed by atoms with Crippen LogP contribution in [0.4, 0.5) is 13.2 Å². The Morgan fingerprint density at radius 2 is 2.00 bits per heavy atom. The molecule has 0 aliphatic heterocycles. The number of hydrogen-bond donors (Lipinski definition) is 0. The van der Waals surface area contributed by atoms with Gasteiger partial charge in [-0.05, 0) is 33.8 Å². The highest BCUT2D eigenvalue weighted by Crippen LogP contribution is 2.30. The Bertz CT molecular complexity index is 478. The van der Waals surface area contributed by atoms with Gasteiger partial charge in [-0.1, -0.05) is 15.7 Å². The molecule has 3 nitrogen and oxygen atoms in total. The summed E-state index contributed by atoms with van der Waals surface area (Å²) in [6.45, 7) is 5.70. The maximum absolute atomic E-state index is 12.1. The third-order valence-corrected chi connectivity index (χ3v) is 4.49. The van der Waals surface area contributed by atoms with Crippen LogP contribution in [0.25, 0.3) is 0 Å². The lowest BCUT2D eigenvalue weighted by molar-refractivity contribution is -0.153. The van der Waals surface area contributed by atoms with Gasteiger partial charge in [0.1, 0.15) is 16.1 Å². The Morgan fingerprint density at radius 1 is 1.40 bits per heavy atom. The first-order valence-corrected chi connectivity index (χ1v) is 7.67. The molecule has 114 valence electrons. The van der Waals surface area contributed by atoms with E-state index in [4.69, 9.17) is 4.74 Å². The normalized spacial score (nSPS) is 14.8. The second kappa shape index (κ2) is 6.36. The Morgan fingerprint density at radius 3 is 2.50 bits per heavy atom. The van der Waals surface area contributed by atoms with Crippen LogP contribution in [0.15, 0.2) is 10.5 Å². The van der Waals surface area contributed by atoms with Gasteiger partial charge >= 0.3 is 6.18 Å². The van der Waals surface area contributed by atoms with E-state index in [9.17, 15) is 17.7 Å². The van der Waals surface area contributed by atoms with Gasteiger partial charge in [-0.25, -0.2) is 0 Å². The van der Waals surface area contributed by atoms with E-state index in [1.54, 1.807) is 33.8 Å². The van der Waals surface area contributed by atoms with E-state index < -0.39 is 28.9 Å². The molecular weight excluding hydrogens is 311 g/mol. The minimum absolute atomic E-state index is 0.199. The van der Waals surface area contributed by atoms with Crippen LogP contribution < -0.4 is 4.74 Å². The molecule has 1 atom stereocenters. The predicted molar refractivity (Wildman–Crippen MR) is 76.1 cm³/mol. The molecule has 0 saturated carbocycles. The quantitative estimate of drug-likeness (QED) is 0.622. The van der Waals surface area contributed by atoms with Crippen molar-refractivity contribution < 1.29 is 22.5 Å². The molecule has 1 aromatic rings. The van der Waals surface area contributed by atoms with Crippen LogP contribution in [0.5, 0.6) is 5.06 Å². The summed E-state index contributed by atoms with van der Waals surface area (Å²) in [6, 6.07) is 1.65. The van der Waals surface area contributed by atoms with E-state index in [0.29, 0.717) is 10.4 Å². The summed E-state index contributed by atoms with van der Waals surface area (Å²) in [7, 11) is 0. The Balaban J connectivity index is 2.73. The summed E-state index contributed by atoms with van der Waals surface area (Å²) in [6.07, 6.45) is -2.96. The lowest BCUT2D eigenvalue weighted by Gasteiger charge is -2.17. The van der Waals surface area contributed by atoms with E-state index in [1.165, 1.54) is 6.21 Å². The van der Waals surface area contributed by atoms with Crippen molar-refractivity contribution in [3.05, 3.63) is 16.5 Å². The number of thiophene rings is 1. The summed E-state index contributed by atoms with van der Waals surface area (Å²) in [5.41, 5.74) is 0.599. The molecule has 0 aliphatic carbocycles. The molecule has 8 heteroatoms. The average Bonchev–Trinajstić information content (AvgIpc) is 2.62. The lowest BCUT2D eigenvalue weighted by Crippen LogP contribution is -2.25. The standard InChI is InChI=1S/C12H16F3NO2S2/c1-8-5-9(6-16-20(17)11(2,3)4)19-10(8)18-7-12(13,14)15/h5-6H,7H2,1-4H3. The van der Waals surface area contributed by atoms with Gasteiger partial charge in [0.2, 0.25) is 0 Å². The van der Waals surface area contributed by atoms with Gasteiger partial charge in [0.25, 0.3) is 0 Å². The summed E-state index contributed by atoms with van der Waals surface area (Å²) >= 11 is -0.351. The molecule has 0 aliphatic rings. The smallest absolute Gasteiger partial charge is 0.422 e. The Kier molecular flexibility index (Phi) is 5.51. The second-order valence-corrected chi connectivity index (χ2v) is 8.10. The van der Waals surface area contributed by atoms with Crippen molar-refractivity contribution in [1.82, 2.24) is 0 Å². The summed E-state index contributed by atoms with van der Waals surface area (Å²) in [5, 5.41) is 0.199. The van der Waals surface area contributed by atoms with Crippen molar-refractivity contribution in [2.75, 3.05) is 6.61 Å². The first-order valence-electron chi connectivity index (χ1n) is 5.75. The Labute approximate surface area is 123 Å². The van der Waals surface area contributed by atoms with Gasteiger partial charge in [0.15, 0.2) is 11.7 Å². The number of alkyl halides is 3. The number of nitrogens with zero attached hydrogens (tertiary/aromatic N) is 1. The van der Waals surface area contributed by atoms with Crippen molar-refractivity contribution in [3.63, 3.8) is 0 Å². The van der Waals surface area contributed by atoms with Crippen LogP contribution >= 0.6 is 11.3 Å². The first kappa shape index (κ1) is 17.3. The van der Waals surface area contributed by atoms with Crippen LogP contribution in [-0.4, -0.2) is 28.3 Å². The van der Waals surface area contributed by atoms with Crippen molar-refractivity contribution in [2.24, 2.45) is 4.40 Å². The molecular formula is C12H16F3NO2S2. The molecule has 20 heavy (non-hydrogen) atoms. The minimum atomic E-state index is -4.36. The van der Waals surface area contributed by atoms with Crippen LogP contribution in [0.1, 0.15) is 31.2 Å². The van der Waals surface area contributed by atoms with Crippen LogP contribution in [-0.2, 0) is 11.4 Å². The zero-order chi connectivity index (χ0) is 15.6. The van der Waals surface area contributed by atoms with Crippen LogP contribution in [0, 0.1) is 6.92 Å². The summed E-state index contributed by atoms with van der Waals surface area (Å²) in [5.74, 6) is 0. The third-order valence-electron chi connectivity index (χ3n) is 2.06. The van der Waals surface area contributed by atoms with Gasteiger partial charge in [-0.15, -0.1) is 0 Å². The highest BCUT2D eigenvalue weighted by molar-refractivity contribution is 7.91. The van der Waals surface area contributed by atoms with E-state index >= 15 is 0 Å².